The molecule has 0 saturated carbocycles. The Morgan fingerprint density at radius 1 is 1.14 bits per heavy atom. The molecule has 0 radical (unpaired) electrons. The van der Waals surface area contributed by atoms with E-state index in [4.69, 9.17) is 9.15 Å². The number of benzene rings is 1. The molecule has 0 amide bonds. The summed E-state index contributed by atoms with van der Waals surface area (Å²) in [7, 11) is 0. The van der Waals surface area contributed by atoms with Crippen molar-refractivity contribution in [2.24, 2.45) is 0 Å². The number of ether oxygens (including phenoxy) is 1. The van der Waals surface area contributed by atoms with Crippen molar-refractivity contribution in [1.82, 2.24) is 5.32 Å². The first kappa shape index (κ1) is 15.6. The smallest absolute Gasteiger partial charge is 0.119 e. The van der Waals surface area contributed by atoms with Crippen LogP contribution in [-0.4, -0.2) is 13.2 Å². The third-order valence-electron chi connectivity index (χ3n) is 3.47. The van der Waals surface area contributed by atoms with Crippen molar-refractivity contribution in [3.63, 3.8) is 0 Å². The van der Waals surface area contributed by atoms with Crippen molar-refractivity contribution in [2.75, 3.05) is 13.2 Å². The molecular weight excluding hydrogens is 262 g/mol. The molecule has 1 atom stereocenters. The molecule has 3 nitrogen and oxygen atoms in total. The zero-order valence-electron chi connectivity index (χ0n) is 13.0. The highest BCUT2D eigenvalue weighted by Gasteiger charge is 2.11. The average Bonchev–Trinajstić information content (AvgIpc) is 3.03. The Kier molecular flexibility index (Phi) is 6.35. The Hall–Kier alpha value is -1.74. The molecule has 1 aromatic carbocycles. The second-order valence-corrected chi connectivity index (χ2v) is 5.15. The van der Waals surface area contributed by atoms with Gasteiger partial charge in [-0.25, -0.2) is 0 Å². The van der Waals surface area contributed by atoms with Gasteiger partial charge in [0.1, 0.15) is 11.5 Å². The number of aryl methyl sites for hydroxylation is 1. The van der Waals surface area contributed by atoms with Crippen LogP contribution in [0.3, 0.4) is 0 Å². The van der Waals surface area contributed by atoms with E-state index >= 15 is 0 Å². The predicted molar refractivity (Wildman–Crippen MR) is 85.7 cm³/mol. The van der Waals surface area contributed by atoms with E-state index in [2.05, 4.69) is 43.4 Å². The second-order valence-electron chi connectivity index (χ2n) is 5.15. The summed E-state index contributed by atoms with van der Waals surface area (Å²) >= 11 is 0. The molecule has 0 aliphatic rings. The number of rotatable bonds is 9. The predicted octanol–water partition coefficient (Wildman–Crippen LogP) is 4.35. The summed E-state index contributed by atoms with van der Waals surface area (Å²) in [6.07, 6.45) is 4.73. The van der Waals surface area contributed by atoms with Crippen molar-refractivity contribution < 1.29 is 9.15 Å². The Labute approximate surface area is 127 Å². The summed E-state index contributed by atoms with van der Waals surface area (Å²) in [6.45, 7) is 5.98. The zero-order valence-corrected chi connectivity index (χ0v) is 13.0. The molecule has 1 N–H and O–H groups in total. The molecule has 1 unspecified atom stereocenters. The molecule has 2 rings (SSSR count). The molecule has 3 heteroatoms. The van der Waals surface area contributed by atoms with E-state index < -0.39 is 0 Å². The lowest BCUT2D eigenvalue weighted by atomic mass is 10.0. The van der Waals surface area contributed by atoms with E-state index in [0.717, 1.165) is 43.9 Å². The van der Waals surface area contributed by atoms with Crippen LogP contribution in [0.4, 0.5) is 0 Å². The Balaban J connectivity index is 1.96. The molecule has 0 aliphatic carbocycles. The van der Waals surface area contributed by atoms with Gasteiger partial charge in [0.05, 0.1) is 12.9 Å². The molecule has 0 aliphatic heterocycles. The first-order chi connectivity index (χ1) is 10.3. The molecule has 21 heavy (non-hydrogen) atoms. The maximum absolute atomic E-state index is 5.63. The van der Waals surface area contributed by atoms with E-state index in [1.165, 1.54) is 5.56 Å². The summed E-state index contributed by atoms with van der Waals surface area (Å²) in [5.74, 6) is 1.99. The lowest BCUT2D eigenvalue weighted by molar-refractivity contribution is 0.317. The van der Waals surface area contributed by atoms with Gasteiger partial charge in [-0.15, -0.1) is 0 Å². The van der Waals surface area contributed by atoms with Crippen LogP contribution in [0.5, 0.6) is 5.75 Å². The molecule has 1 aromatic heterocycles. The lowest BCUT2D eigenvalue weighted by Gasteiger charge is -2.18. The normalized spacial score (nSPS) is 12.3. The van der Waals surface area contributed by atoms with E-state index in [-0.39, 0.29) is 0 Å². The number of hydrogen-bond acceptors (Lipinski definition) is 3. The number of furan rings is 1. The molecule has 0 saturated heterocycles. The molecule has 0 bridgehead atoms. The van der Waals surface area contributed by atoms with E-state index in [1.807, 2.05) is 12.1 Å². The van der Waals surface area contributed by atoms with Crippen molar-refractivity contribution in [2.45, 2.75) is 39.2 Å². The Bertz CT molecular complexity index is 490. The van der Waals surface area contributed by atoms with Gasteiger partial charge in [-0.2, -0.15) is 0 Å². The fraction of sp³-hybridized carbons (Fsp3) is 0.444. The van der Waals surface area contributed by atoms with Gasteiger partial charge in [-0.1, -0.05) is 26.0 Å². The maximum Gasteiger partial charge on any atom is 0.119 e. The first-order valence-electron chi connectivity index (χ1n) is 7.82. The highest BCUT2D eigenvalue weighted by Crippen LogP contribution is 2.22. The molecule has 114 valence electrons. The van der Waals surface area contributed by atoms with Crippen LogP contribution >= 0.6 is 0 Å². The minimum atomic E-state index is 0.348. The quantitative estimate of drug-likeness (QED) is 0.744. The molecule has 1 heterocycles. The fourth-order valence-electron chi connectivity index (χ4n) is 2.39. The zero-order chi connectivity index (χ0) is 14.9. The Morgan fingerprint density at radius 3 is 2.57 bits per heavy atom. The van der Waals surface area contributed by atoms with E-state index in [9.17, 15) is 0 Å². The van der Waals surface area contributed by atoms with Crippen molar-refractivity contribution in [3.05, 3.63) is 54.0 Å². The van der Waals surface area contributed by atoms with Gasteiger partial charge in [0.2, 0.25) is 0 Å². The summed E-state index contributed by atoms with van der Waals surface area (Å²) < 4.78 is 11.0. The van der Waals surface area contributed by atoms with Gasteiger partial charge in [-0.05, 0) is 49.2 Å². The SMILES string of the molecule is CCCOc1ccc(C(CCc2ccco2)NCC)cc1. The van der Waals surface area contributed by atoms with Gasteiger partial charge < -0.3 is 14.5 Å². The topological polar surface area (TPSA) is 34.4 Å². The molecule has 2 aromatic rings. The first-order valence-corrected chi connectivity index (χ1v) is 7.82. The third kappa shape index (κ3) is 4.94. The summed E-state index contributed by atoms with van der Waals surface area (Å²) in [4.78, 5) is 0. The Morgan fingerprint density at radius 2 is 1.95 bits per heavy atom. The monoisotopic (exact) mass is 287 g/mol. The van der Waals surface area contributed by atoms with Crippen LogP contribution in [0.25, 0.3) is 0 Å². The van der Waals surface area contributed by atoms with Gasteiger partial charge in [0.25, 0.3) is 0 Å². The van der Waals surface area contributed by atoms with Crippen LogP contribution < -0.4 is 10.1 Å². The van der Waals surface area contributed by atoms with Gasteiger partial charge in [0, 0.05) is 12.5 Å². The minimum absolute atomic E-state index is 0.348. The number of nitrogens with one attached hydrogen (secondary N) is 1. The van der Waals surface area contributed by atoms with Crippen molar-refractivity contribution in [1.29, 1.82) is 0 Å². The number of hydrogen-bond donors (Lipinski definition) is 1. The van der Waals surface area contributed by atoms with Gasteiger partial charge >= 0.3 is 0 Å². The summed E-state index contributed by atoms with van der Waals surface area (Å²) in [5, 5.41) is 3.54. The summed E-state index contributed by atoms with van der Waals surface area (Å²) in [6, 6.07) is 12.7. The van der Waals surface area contributed by atoms with Crippen LogP contribution in [0.1, 0.15) is 44.1 Å². The van der Waals surface area contributed by atoms with Gasteiger partial charge in [-0.3, -0.25) is 0 Å². The average molecular weight is 287 g/mol. The second kappa shape index (κ2) is 8.53. The maximum atomic E-state index is 5.63. The van der Waals surface area contributed by atoms with Crippen LogP contribution in [0, 0.1) is 0 Å². The molecule has 0 spiro atoms. The molecule has 0 fully saturated rings. The lowest BCUT2D eigenvalue weighted by Crippen LogP contribution is -2.21. The van der Waals surface area contributed by atoms with E-state index in [1.54, 1.807) is 6.26 Å². The third-order valence-corrected chi connectivity index (χ3v) is 3.47. The highest BCUT2D eigenvalue weighted by atomic mass is 16.5. The van der Waals surface area contributed by atoms with Crippen molar-refractivity contribution in [3.8, 4) is 5.75 Å². The fourth-order valence-corrected chi connectivity index (χ4v) is 2.39. The summed E-state index contributed by atoms with van der Waals surface area (Å²) in [5.41, 5.74) is 1.30. The van der Waals surface area contributed by atoms with Crippen molar-refractivity contribution >= 4 is 0 Å². The highest BCUT2D eigenvalue weighted by molar-refractivity contribution is 5.29. The van der Waals surface area contributed by atoms with Gasteiger partial charge in [0.15, 0.2) is 0 Å². The largest absolute Gasteiger partial charge is 0.494 e. The standard InChI is InChI=1S/C18H25NO2/c1-3-13-20-17-9-7-15(8-10-17)18(19-4-2)12-11-16-6-5-14-21-16/h5-10,14,18-19H,3-4,11-13H2,1-2H3. The van der Waals surface area contributed by atoms with Crippen LogP contribution in [0.15, 0.2) is 47.1 Å². The van der Waals surface area contributed by atoms with Crippen LogP contribution in [-0.2, 0) is 6.42 Å². The van der Waals surface area contributed by atoms with Crippen LogP contribution in [0.2, 0.25) is 0 Å². The molecular formula is C18H25NO2. The van der Waals surface area contributed by atoms with E-state index in [0.29, 0.717) is 6.04 Å². The minimum Gasteiger partial charge on any atom is -0.494 e.